The Morgan fingerprint density at radius 3 is 1.65 bits per heavy atom. The van der Waals surface area contributed by atoms with E-state index in [1.165, 1.54) is 0 Å². The second-order valence-corrected chi connectivity index (χ2v) is 28.4. The van der Waals surface area contributed by atoms with E-state index in [0.717, 1.165) is 80.7 Å². The minimum Gasteiger partial charge on any atom is -0.416 e. The number of aryl methyl sites for hydroxylation is 4. The molecule has 0 spiro atoms. The van der Waals surface area contributed by atoms with Crippen molar-refractivity contribution in [3.8, 4) is 0 Å². The number of pyridine rings is 2. The van der Waals surface area contributed by atoms with Crippen LogP contribution in [0.3, 0.4) is 0 Å². The van der Waals surface area contributed by atoms with E-state index in [2.05, 4.69) is 151 Å². The highest BCUT2D eigenvalue weighted by atomic mass is 28.4. The number of nitrogens with zero attached hydrogens (tertiary/aromatic N) is 5. The standard InChI is InChI=1S/C31H58N4O3Si.C19H32N4O/c1-16-37-17-24-33-25-26(22(2)23(3)32-27(25)34-30(10,11)18-28(4,5)6)35(24)19-31(12,20-36-13)21-38-39(14,15)29(7,8)9;1-9-24-10-14-21-15-12(2)13(3)20-17(16(15)22-14)23-19(7,8)11-18(4,5)6/h16-21H2,1-15H3,(H,32,34);9-11H2,1-8H3,(H,20,23)(H,21,22). The van der Waals surface area contributed by atoms with Gasteiger partial charge in [0, 0.05) is 61.4 Å². The van der Waals surface area contributed by atoms with Gasteiger partial charge in [-0.25, -0.2) is 19.9 Å². The molecule has 1 atom stereocenters. The van der Waals surface area contributed by atoms with Gasteiger partial charge in [0.25, 0.3) is 0 Å². The number of H-pyrrole nitrogens is 1. The molecule has 3 N–H and O–H groups in total. The molecule has 0 aliphatic rings. The zero-order valence-electron chi connectivity index (χ0n) is 44.2. The Balaban J connectivity index is 0.000000375. The monoisotopic (exact) mass is 895 g/mol. The maximum absolute atomic E-state index is 6.75. The van der Waals surface area contributed by atoms with Crippen molar-refractivity contribution in [3.05, 3.63) is 34.2 Å². The summed E-state index contributed by atoms with van der Waals surface area (Å²) in [5.41, 5.74) is 8.19. The second-order valence-electron chi connectivity index (χ2n) is 23.6. The molecule has 13 heteroatoms. The van der Waals surface area contributed by atoms with Gasteiger partial charge in [0.1, 0.15) is 35.9 Å². The summed E-state index contributed by atoms with van der Waals surface area (Å²) < 4.78 is 26.3. The fraction of sp³-hybridized carbons (Fsp3) is 0.760. The third-order valence-electron chi connectivity index (χ3n) is 12.0. The number of hydrogen-bond acceptors (Lipinski definition) is 10. The first-order valence-electron chi connectivity index (χ1n) is 23.2. The zero-order valence-corrected chi connectivity index (χ0v) is 45.2. The molecule has 358 valence electrons. The fourth-order valence-electron chi connectivity index (χ4n) is 8.60. The van der Waals surface area contributed by atoms with Gasteiger partial charge in [0.15, 0.2) is 20.0 Å². The van der Waals surface area contributed by atoms with Crippen LogP contribution in [-0.2, 0) is 38.4 Å². The van der Waals surface area contributed by atoms with Crippen LogP contribution in [0, 0.1) is 43.9 Å². The molecule has 0 aliphatic carbocycles. The van der Waals surface area contributed by atoms with Gasteiger partial charge >= 0.3 is 0 Å². The zero-order chi connectivity index (χ0) is 48.1. The number of anilines is 2. The number of nitrogens with one attached hydrogen (secondary N) is 3. The molecular formula is C50H90N8O4Si. The third kappa shape index (κ3) is 15.2. The lowest BCUT2D eigenvalue weighted by molar-refractivity contribution is 0.0328. The van der Waals surface area contributed by atoms with E-state index >= 15 is 0 Å². The van der Waals surface area contributed by atoms with Crippen molar-refractivity contribution < 1.29 is 18.6 Å². The number of aromatic amines is 1. The molecule has 0 aliphatic heterocycles. The Hall–Kier alpha value is -3.10. The first-order chi connectivity index (χ1) is 28.7. The molecule has 0 bridgehead atoms. The molecule has 63 heavy (non-hydrogen) atoms. The van der Waals surface area contributed by atoms with E-state index in [-0.39, 0.29) is 32.4 Å². The fourth-order valence-corrected chi connectivity index (χ4v) is 9.74. The Morgan fingerprint density at radius 1 is 0.635 bits per heavy atom. The van der Waals surface area contributed by atoms with Gasteiger partial charge in [0.05, 0.1) is 17.6 Å². The van der Waals surface area contributed by atoms with Gasteiger partial charge in [-0.2, -0.15) is 0 Å². The number of aromatic nitrogens is 6. The van der Waals surface area contributed by atoms with Crippen LogP contribution in [0.5, 0.6) is 0 Å². The SMILES string of the molecule is CCOCc1nc2c(C)c(C)nc(NC(C)(C)CC(C)(C)C)c2[nH]1.CCOCc1nc2c(NC(C)(C)CC(C)(C)C)nc(C)c(C)c2n1CC(C)(COC)CO[Si](C)(C)C(C)(C)C. The van der Waals surface area contributed by atoms with Gasteiger partial charge in [0.2, 0.25) is 0 Å². The minimum atomic E-state index is -1.93. The minimum absolute atomic E-state index is 0.0644. The summed E-state index contributed by atoms with van der Waals surface area (Å²) in [4.78, 5) is 23.1. The van der Waals surface area contributed by atoms with E-state index in [4.69, 9.17) is 38.6 Å². The van der Waals surface area contributed by atoms with Gasteiger partial charge < -0.3 is 38.8 Å². The Morgan fingerprint density at radius 2 is 1.14 bits per heavy atom. The highest BCUT2D eigenvalue weighted by molar-refractivity contribution is 6.74. The summed E-state index contributed by atoms with van der Waals surface area (Å²) in [5.74, 6) is 3.47. The van der Waals surface area contributed by atoms with Gasteiger partial charge in [-0.3, -0.25) is 0 Å². The third-order valence-corrected chi connectivity index (χ3v) is 16.5. The van der Waals surface area contributed by atoms with Crippen molar-refractivity contribution in [3.63, 3.8) is 0 Å². The van der Waals surface area contributed by atoms with E-state index in [1.807, 2.05) is 20.8 Å². The largest absolute Gasteiger partial charge is 0.416 e. The summed E-state index contributed by atoms with van der Waals surface area (Å²) in [6, 6.07) is 0. The predicted octanol–water partition coefficient (Wildman–Crippen LogP) is 12.6. The lowest BCUT2D eigenvalue weighted by Gasteiger charge is -2.40. The van der Waals surface area contributed by atoms with Gasteiger partial charge in [-0.15, -0.1) is 0 Å². The predicted molar refractivity (Wildman–Crippen MR) is 268 cm³/mol. The van der Waals surface area contributed by atoms with Crippen molar-refractivity contribution in [1.29, 1.82) is 0 Å². The molecule has 0 fully saturated rings. The van der Waals surface area contributed by atoms with Crippen LogP contribution in [-0.4, -0.2) is 82.4 Å². The Kier molecular flexibility index (Phi) is 17.7. The Labute approximate surface area is 383 Å². The first kappa shape index (κ1) is 54.2. The number of hydrogen-bond donors (Lipinski definition) is 3. The van der Waals surface area contributed by atoms with E-state index < -0.39 is 8.32 Å². The highest BCUT2D eigenvalue weighted by Crippen LogP contribution is 2.40. The Bertz CT molecular complexity index is 2120. The molecule has 4 aromatic heterocycles. The van der Waals surface area contributed by atoms with Crippen LogP contribution < -0.4 is 10.6 Å². The molecule has 0 aromatic carbocycles. The average molecular weight is 895 g/mol. The molecule has 0 saturated carbocycles. The highest BCUT2D eigenvalue weighted by Gasteiger charge is 2.40. The van der Waals surface area contributed by atoms with Crippen molar-refractivity contribution in [2.45, 2.75) is 200 Å². The lowest BCUT2D eigenvalue weighted by Crippen LogP contribution is -2.45. The summed E-state index contributed by atoms with van der Waals surface area (Å²) in [7, 11) is -0.159. The molecule has 4 aromatic rings. The number of methoxy groups -OCH3 is 1. The van der Waals surface area contributed by atoms with Crippen molar-refractivity contribution in [2.75, 3.05) is 44.2 Å². The number of rotatable bonds is 19. The molecule has 4 heterocycles. The van der Waals surface area contributed by atoms with E-state index in [0.29, 0.717) is 46.2 Å². The molecule has 1 unspecified atom stereocenters. The molecule has 0 amide bonds. The smallest absolute Gasteiger partial charge is 0.192 e. The van der Waals surface area contributed by atoms with E-state index in [1.54, 1.807) is 7.11 Å². The average Bonchev–Trinajstić information content (AvgIpc) is 3.70. The van der Waals surface area contributed by atoms with E-state index in [9.17, 15) is 0 Å². The lowest BCUT2D eigenvalue weighted by atomic mass is 9.82. The van der Waals surface area contributed by atoms with Crippen LogP contribution in [0.2, 0.25) is 18.1 Å². The summed E-state index contributed by atoms with van der Waals surface area (Å²) in [5, 5.41) is 7.53. The number of imidazole rings is 2. The summed E-state index contributed by atoms with van der Waals surface area (Å²) >= 11 is 0. The van der Waals surface area contributed by atoms with Crippen LogP contribution in [0.1, 0.15) is 158 Å². The molecule has 4 rings (SSSR count). The topological polar surface area (TPSA) is 133 Å². The maximum Gasteiger partial charge on any atom is 0.192 e. The molecule has 0 radical (unpaired) electrons. The summed E-state index contributed by atoms with van der Waals surface area (Å²) in [6.07, 6.45) is 2.04. The number of fused-ring (bicyclic) bond motifs is 2. The van der Waals surface area contributed by atoms with Gasteiger partial charge in [-0.1, -0.05) is 69.2 Å². The van der Waals surface area contributed by atoms with Crippen LogP contribution in [0.15, 0.2) is 0 Å². The second kappa shape index (κ2) is 20.6. The van der Waals surface area contributed by atoms with Crippen molar-refractivity contribution in [2.24, 2.45) is 16.2 Å². The molecule has 12 nitrogen and oxygen atoms in total. The molecule has 0 saturated heterocycles. The maximum atomic E-state index is 6.75. The van der Waals surface area contributed by atoms with Crippen molar-refractivity contribution in [1.82, 2.24) is 29.5 Å². The van der Waals surface area contributed by atoms with Crippen LogP contribution in [0.4, 0.5) is 11.6 Å². The normalized spacial score (nSPS) is 14.3. The van der Waals surface area contributed by atoms with Crippen molar-refractivity contribution >= 4 is 42.0 Å². The summed E-state index contributed by atoms with van der Waals surface area (Å²) in [6.45, 7) is 52.8. The van der Waals surface area contributed by atoms with Gasteiger partial charge in [-0.05, 0) is 122 Å². The van der Waals surface area contributed by atoms with Crippen LogP contribution >= 0.6 is 0 Å². The van der Waals surface area contributed by atoms with Crippen LogP contribution in [0.25, 0.3) is 22.1 Å². The first-order valence-corrected chi connectivity index (χ1v) is 26.2. The number of ether oxygens (including phenoxy) is 3. The quantitative estimate of drug-likeness (QED) is 0.0781. The molecular weight excluding hydrogens is 805 g/mol.